The molecule has 3 rings (SSSR count). The predicted octanol–water partition coefficient (Wildman–Crippen LogP) is 3.16. The highest BCUT2D eigenvalue weighted by atomic mass is 32.2. The lowest BCUT2D eigenvalue weighted by Crippen LogP contribution is -2.28. The summed E-state index contributed by atoms with van der Waals surface area (Å²) < 4.78 is 0. The third kappa shape index (κ3) is 5.82. The predicted molar refractivity (Wildman–Crippen MR) is 111 cm³/mol. The Labute approximate surface area is 172 Å². The van der Waals surface area contributed by atoms with Crippen molar-refractivity contribution in [2.75, 3.05) is 16.4 Å². The average Bonchev–Trinajstić information content (AvgIpc) is 3.00. The first-order valence-corrected chi connectivity index (χ1v) is 9.87. The molecule has 1 fully saturated rings. The Morgan fingerprint density at radius 2 is 1.76 bits per heavy atom. The van der Waals surface area contributed by atoms with Crippen LogP contribution in [0.1, 0.15) is 18.1 Å². The molecule has 1 saturated heterocycles. The van der Waals surface area contributed by atoms with Gasteiger partial charge in [0.1, 0.15) is 0 Å². The van der Waals surface area contributed by atoms with Crippen molar-refractivity contribution in [3.05, 3.63) is 59.7 Å². The molecule has 0 aromatic heterocycles. The number of hydrogen-bond donors (Lipinski definition) is 3. The van der Waals surface area contributed by atoms with Crippen molar-refractivity contribution in [2.24, 2.45) is 0 Å². The van der Waals surface area contributed by atoms with E-state index in [2.05, 4.69) is 16.0 Å². The molecule has 3 N–H and O–H groups in total. The van der Waals surface area contributed by atoms with E-state index in [-0.39, 0.29) is 35.4 Å². The molecule has 0 aliphatic carbocycles. The van der Waals surface area contributed by atoms with Crippen LogP contribution in [0.15, 0.2) is 48.5 Å². The van der Waals surface area contributed by atoms with Gasteiger partial charge in [0.05, 0.1) is 12.3 Å². The first-order valence-electron chi connectivity index (χ1n) is 8.88. The van der Waals surface area contributed by atoms with Crippen molar-refractivity contribution < 1.29 is 19.2 Å². The zero-order chi connectivity index (χ0) is 20.8. The molecule has 2 aromatic carbocycles. The monoisotopic (exact) mass is 412 g/mol. The van der Waals surface area contributed by atoms with Gasteiger partial charge in [-0.2, -0.15) is 0 Å². The maximum absolute atomic E-state index is 12.1. The summed E-state index contributed by atoms with van der Waals surface area (Å²) in [6, 6.07) is 13.8. The number of imide groups is 1. The number of amides is 5. The second kappa shape index (κ2) is 9.24. The summed E-state index contributed by atoms with van der Waals surface area (Å²) in [5.74, 6) is -0.163. The van der Waals surface area contributed by atoms with E-state index in [1.807, 2.05) is 6.07 Å². The Hall–Kier alpha value is -3.33. The first kappa shape index (κ1) is 20.4. The highest BCUT2D eigenvalue weighted by molar-refractivity contribution is 8.14. The van der Waals surface area contributed by atoms with Crippen LogP contribution < -0.4 is 16.0 Å². The molecule has 2 aromatic rings. The Balaban J connectivity index is 1.50. The molecule has 0 bridgehead atoms. The van der Waals surface area contributed by atoms with E-state index in [1.54, 1.807) is 42.5 Å². The van der Waals surface area contributed by atoms with Crippen LogP contribution >= 0.6 is 11.8 Å². The summed E-state index contributed by atoms with van der Waals surface area (Å²) in [4.78, 5) is 47.7. The van der Waals surface area contributed by atoms with Gasteiger partial charge in [0.25, 0.3) is 5.24 Å². The molecule has 29 heavy (non-hydrogen) atoms. The van der Waals surface area contributed by atoms with E-state index in [4.69, 9.17) is 0 Å². The van der Waals surface area contributed by atoms with E-state index in [9.17, 15) is 19.2 Å². The lowest BCUT2D eigenvalue weighted by Gasteiger charge is -2.13. The molecule has 0 saturated carbocycles. The molecule has 0 radical (unpaired) electrons. The molecule has 0 unspecified atom stereocenters. The molecule has 150 valence electrons. The van der Waals surface area contributed by atoms with Gasteiger partial charge in [0, 0.05) is 24.8 Å². The fraction of sp³-hybridized carbons (Fsp3) is 0.200. The summed E-state index contributed by atoms with van der Waals surface area (Å²) in [5, 5.41) is 7.93. The normalized spacial score (nSPS) is 13.3. The Morgan fingerprint density at radius 3 is 2.41 bits per heavy atom. The third-order valence-corrected chi connectivity index (χ3v) is 4.95. The first-order chi connectivity index (χ1) is 13.9. The number of hydrogen-bond acceptors (Lipinski definition) is 5. The minimum Gasteiger partial charge on any atom is -0.334 e. The molecule has 0 atom stereocenters. The molecule has 1 aliphatic heterocycles. The van der Waals surface area contributed by atoms with E-state index in [0.717, 1.165) is 22.9 Å². The largest absolute Gasteiger partial charge is 0.334 e. The lowest BCUT2D eigenvalue weighted by atomic mass is 10.2. The van der Waals surface area contributed by atoms with Gasteiger partial charge in [-0.3, -0.25) is 19.3 Å². The fourth-order valence-corrected chi connectivity index (χ4v) is 3.45. The molecule has 1 heterocycles. The zero-order valence-electron chi connectivity index (χ0n) is 15.7. The van der Waals surface area contributed by atoms with Crippen LogP contribution in [0.2, 0.25) is 0 Å². The number of anilines is 2. The molecular weight excluding hydrogens is 392 g/mol. The zero-order valence-corrected chi connectivity index (χ0v) is 16.5. The maximum atomic E-state index is 12.1. The van der Waals surface area contributed by atoms with Gasteiger partial charge in [-0.05, 0) is 35.4 Å². The van der Waals surface area contributed by atoms with Crippen molar-refractivity contribution in [1.29, 1.82) is 0 Å². The van der Waals surface area contributed by atoms with Crippen molar-refractivity contribution in [3.8, 4) is 0 Å². The summed E-state index contributed by atoms with van der Waals surface area (Å²) in [6.07, 6.45) is 0. The van der Waals surface area contributed by atoms with E-state index < -0.39 is 0 Å². The minimum absolute atomic E-state index is 0.159. The molecule has 8 nitrogen and oxygen atoms in total. The Morgan fingerprint density at radius 1 is 1.00 bits per heavy atom. The number of carbonyl (C=O) groups excluding carboxylic acids is 4. The second-order valence-electron chi connectivity index (χ2n) is 6.42. The number of benzene rings is 2. The van der Waals surface area contributed by atoms with E-state index >= 15 is 0 Å². The summed E-state index contributed by atoms with van der Waals surface area (Å²) in [5.41, 5.74) is 2.90. The minimum atomic E-state index is -0.371. The van der Waals surface area contributed by atoms with E-state index in [0.29, 0.717) is 17.9 Å². The number of carbonyl (C=O) groups is 4. The van der Waals surface area contributed by atoms with Crippen molar-refractivity contribution in [1.82, 2.24) is 10.2 Å². The highest BCUT2D eigenvalue weighted by Gasteiger charge is 2.29. The van der Waals surface area contributed by atoms with Gasteiger partial charge in [-0.25, -0.2) is 4.79 Å². The average molecular weight is 412 g/mol. The van der Waals surface area contributed by atoms with E-state index in [1.165, 1.54) is 11.8 Å². The van der Waals surface area contributed by atoms with Gasteiger partial charge >= 0.3 is 6.03 Å². The van der Waals surface area contributed by atoms with Gasteiger partial charge in [-0.1, -0.05) is 36.0 Å². The summed E-state index contributed by atoms with van der Waals surface area (Å²) in [6.45, 7) is 1.96. The van der Waals surface area contributed by atoms with Gasteiger partial charge in [-0.15, -0.1) is 0 Å². The van der Waals surface area contributed by atoms with Crippen molar-refractivity contribution in [3.63, 3.8) is 0 Å². The SMILES string of the molecule is CC(=O)Nc1cccc(CNC(=O)Nc2ccc(CN3C(=O)CSC3=O)cc2)c1. The Kier molecular flexibility index (Phi) is 6.50. The number of nitrogens with zero attached hydrogens (tertiary/aromatic N) is 1. The van der Waals surface area contributed by atoms with Crippen LogP contribution in [0, 0.1) is 0 Å². The van der Waals surface area contributed by atoms with Gasteiger partial charge in [0.15, 0.2) is 0 Å². The topological polar surface area (TPSA) is 108 Å². The lowest BCUT2D eigenvalue weighted by molar-refractivity contribution is -0.125. The number of nitrogens with one attached hydrogen (secondary N) is 3. The molecule has 9 heteroatoms. The number of thioether (sulfide) groups is 1. The third-order valence-electron chi connectivity index (χ3n) is 4.09. The van der Waals surface area contributed by atoms with Gasteiger partial charge in [0.2, 0.25) is 11.8 Å². The standard InChI is InChI=1S/C20H20N4O4S/c1-13(25)22-17-4-2-3-15(9-17)10-21-19(27)23-16-7-5-14(6-8-16)11-24-18(26)12-29-20(24)28/h2-9H,10-12H2,1H3,(H,22,25)(H2,21,23,27). The molecular formula is C20H20N4O4S. The summed E-state index contributed by atoms with van der Waals surface area (Å²) >= 11 is 1.00. The number of urea groups is 1. The van der Waals surface area contributed by atoms with Crippen LogP contribution in [0.5, 0.6) is 0 Å². The fourth-order valence-electron chi connectivity index (χ4n) is 2.73. The summed E-state index contributed by atoms with van der Waals surface area (Å²) in [7, 11) is 0. The number of rotatable bonds is 6. The quantitative estimate of drug-likeness (QED) is 0.676. The highest BCUT2D eigenvalue weighted by Crippen LogP contribution is 2.21. The smallest absolute Gasteiger partial charge is 0.319 e. The van der Waals surface area contributed by atoms with Crippen LogP contribution in [-0.4, -0.2) is 33.7 Å². The van der Waals surface area contributed by atoms with Crippen LogP contribution in [0.25, 0.3) is 0 Å². The van der Waals surface area contributed by atoms with Crippen LogP contribution in [0.4, 0.5) is 21.0 Å². The maximum Gasteiger partial charge on any atom is 0.319 e. The molecule has 5 amide bonds. The van der Waals surface area contributed by atoms with Crippen molar-refractivity contribution in [2.45, 2.75) is 20.0 Å². The molecule has 1 aliphatic rings. The second-order valence-corrected chi connectivity index (χ2v) is 7.35. The van der Waals surface area contributed by atoms with Gasteiger partial charge < -0.3 is 16.0 Å². The van der Waals surface area contributed by atoms with Crippen molar-refractivity contribution >= 4 is 46.2 Å². The molecule has 0 spiro atoms. The van der Waals surface area contributed by atoms with Crippen LogP contribution in [0.3, 0.4) is 0 Å². The van der Waals surface area contributed by atoms with Crippen LogP contribution in [-0.2, 0) is 22.7 Å². The Bertz CT molecular complexity index is 930.